The van der Waals surface area contributed by atoms with Gasteiger partial charge in [-0.25, -0.2) is 19.6 Å². The van der Waals surface area contributed by atoms with Crippen LogP contribution in [-0.2, 0) is 0 Å². The van der Waals surface area contributed by atoms with E-state index in [1.807, 2.05) is 6.92 Å². The Balaban J connectivity index is 2.26. The van der Waals surface area contributed by atoms with E-state index in [0.29, 0.717) is 0 Å². The van der Waals surface area contributed by atoms with E-state index >= 15 is 0 Å². The van der Waals surface area contributed by atoms with Crippen LogP contribution in [0.5, 0.6) is 0 Å². The van der Waals surface area contributed by atoms with E-state index in [-0.39, 0.29) is 17.2 Å². The van der Waals surface area contributed by atoms with Gasteiger partial charge < -0.3 is 10.7 Å². The molecule has 4 nitrogen and oxygen atoms in total. The third-order valence-corrected chi connectivity index (χ3v) is 3.19. The molecule has 1 saturated carbocycles. The van der Waals surface area contributed by atoms with Gasteiger partial charge in [-0.3, -0.25) is 0 Å². The molecular weight excluding hydrogens is 226 g/mol. The zero-order valence-electron chi connectivity index (χ0n) is 9.69. The summed E-state index contributed by atoms with van der Waals surface area (Å²) in [5, 5.41) is 3.04. The number of hydrogen-bond acceptors (Lipinski definition) is 4. The van der Waals surface area contributed by atoms with Crippen LogP contribution in [0.2, 0.25) is 0 Å². The Morgan fingerprint density at radius 3 is 2.41 bits per heavy atom. The second-order valence-electron chi connectivity index (χ2n) is 4.69. The number of nitrogens with zero attached hydrogens (tertiary/aromatic N) is 1. The molecule has 0 amide bonds. The first-order chi connectivity index (χ1) is 8.04. The highest BCUT2D eigenvalue weighted by Gasteiger charge is 2.30. The third-order valence-electron chi connectivity index (χ3n) is 3.19. The van der Waals surface area contributed by atoms with Crippen molar-refractivity contribution in [3.8, 4) is 0 Å². The summed E-state index contributed by atoms with van der Waals surface area (Å²) in [5.74, 6) is 3.50. The Morgan fingerprint density at radius 2 is 1.82 bits per heavy atom. The Hall–Kier alpha value is -1.43. The molecule has 0 bridgehead atoms. The van der Waals surface area contributed by atoms with E-state index in [9.17, 15) is 8.78 Å². The fraction of sp³-hybridized carbons (Fsp3) is 0.545. The maximum atomic E-state index is 13.6. The van der Waals surface area contributed by atoms with Gasteiger partial charge in [0.2, 0.25) is 0 Å². The molecule has 4 N–H and O–H groups in total. The molecule has 0 saturated heterocycles. The van der Waals surface area contributed by atoms with Crippen molar-refractivity contribution in [2.24, 2.45) is 5.84 Å². The average Bonchev–Trinajstić information content (AvgIpc) is 2.69. The molecule has 1 aliphatic carbocycles. The molecule has 0 atom stereocenters. The van der Waals surface area contributed by atoms with Gasteiger partial charge >= 0.3 is 0 Å². The van der Waals surface area contributed by atoms with Crippen LogP contribution in [0.25, 0.3) is 0 Å². The molecule has 17 heavy (non-hydrogen) atoms. The summed E-state index contributed by atoms with van der Waals surface area (Å²) in [6, 6.07) is 0.781. The number of hydrazine groups is 1. The second-order valence-corrected chi connectivity index (χ2v) is 4.69. The third kappa shape index (κ3) is 2.46. The molecule has 2 rings (SSSR count). The molecule has 0 radical (unpaired) electrons. The van der Waals surface area contributed by atoms with Crippen molar-refractivity contribution < 1.29 is 8.78 Å². The highest BCUT2D eigenvalue weighted by atomic mass is 19.1. The smallest absolute Gasteiger partial charge is 0.178 e. The van der Waals surface area contributed by atoms with Crippen LogP contribution in [-0.4, -0.2) is 10.5 Å². The molecule has 0 spiro atoms. The van der Waals surface area contributed by atoms with Crippen LogP contribution in [0.15, 0.2) is 6.07 Å². The molecule has 1 aromatic rings. The Bertz CT molecular complexity index is 416. The van der Waals surface area contributed by atoms with Gasteiger partial charge in [0.05, 0.1) is 0 Å². The normalized spacial score (nSPS) is 18.1. The predicted octanol–water partition coefficient (Wildman–Crippen LogP) is 2.39. The Morgan fingerprint density at radius 1 is 1.24 bits per heavy atom. The number of nitrogen functional groups attached to an aromatic ring is 1. The zero-order valence-corrected chi connectivity index (χ0v) is 9.69. The topological polar surface area (TPSA) is 63.0 Å². The first-order valence-electron chi connectivity index (χ1n) is 5.65. The summed E-state index contributed by atoms with van der Waals surface area (Å²) in [6.07, 6.45) is 4.12. The Kier molecular flexibility index (Phi) is 3.15. The highest BCUT2D eigenvalue weighted by molar-refractivity contribution is 5.48. The fourth-order valence-electron chi connectivity index (χ4n) is 2.22. The van der Waals surface area contributed by atoms with Crippen molar-refractivity contribution in [3.63, 3.8) is 0 Å². The van der Waals surface area contributed by atoms with Gasteiger partial charge in [-0.15, -0.1) is 0 Å². The molecule has 1 aliphatic rings. The highest BCUT2D eigenvalue weighted by Crippen LogP contribution is 2.33. The molecule has 1 fully saturated rings. The molecule has 0 aromatic carbocycles. The quantitative estimate of drug-likeness (QED) is 0.562. The zero-order chi connectivity index (χ0) is 12.5. The second kappa shape index (κ2) is 4.44. The van der Waals surface area contributed by atoms with Crippen LogP contribution >= 0.6 is 0 Å². The minimum atomic E-state index is -0.799. The van der Waals surface area contributed by atoms with Crippen LogP contribution in [0.4, 0.5) is 20.4 Å². The fourth-order valence-corrected chi connectivity index (χ4v) is 2.22. The van der Waals surface area contributed by atoms with E-state index in [2.05, 4.69) is 15.7 Å². The monoisotopic (exact) mass is 242 g/mol. The lowest BCUT2D eigenvalue weighted by Crippen LogP contribution is -2.32. The van der Waals surface area contributed by atoms with Crippen molar-refractivity contribution in [1.82, 2.24) is 4.98 Å². The summed E-state index contributed by atoms with van der Waals surface area (Å²) in [5.41, 5.74) is 1.94. The van der Waals surface area contributed by atoms with Gasteiger partial charge in [-0.1, -0.05) is 12.8 Å². The average molecular weight is 242 g/mol. The lowest BCUT2D eigenvalue weighted by Gasteiger charge is -2.26. The largest absolute Gasteiger partial charge is 0.362 e. The molecule has 1 aromatic heterocycles. The van der Waals surface area contributed by atoms with Crippen LogP contribution in [0.3, 0.4) is 0 Å². The van der Waals surface area contributed by atoms with E-state index in [1.165, 1.54) is 0 Å². The number of hydrogen-bond donors (Lipinski definition) is 3. The minimum absolute atomic E-state index is 0.0451. The number of pyridine rings is 1. The summed E-state index contributed by atoms with van der Waals surface area (Å²) in [4.78, 5) is 3.80. The van der Waals surface area contributed by atoms with Crippen molar-refractivity contribution in [2.45, 2.75) is 38.1 Å². The van der Waals surface area contributed by atoms with Gasteiger partial charge in [0, 0.05) is 11.6 Å². The van der Waals surface area contributed by atoms with Crippen molar-refractivity contribution in [3.05, 3.63) is 17.7 Å². The van der Waals surface area contributed by atoms with E-state index in [0.717, 1.165) is 31.7 Å². The van der Waals surface area contributed by atoms with Gasteiger partial charge in [0.25, 0.3) is 0 Å². The summed E-state index contributed by atoms with van der Waals surface area (Å²) < 4.78 is 26.7. The lowest BCUT2D eigenvalue weighted by atomic mass is 10.0. The number of rotatable bonds is 3. The number of aromatic nitrogens is 1. The van der Waals surface area contributed by atoms with Gasteiger partial charge in [-0.2, -0.15) is 0 Å². The number of nitrogens with two attached hydrogens (primary N) is 1. The first-order valence-corrected chi connectivity index (χ1v) is 5.65. The standard InChI is InChI=1S/C11H16F2N4/c1-11(4-2-3-5-11)16-9-7(12)6-8(13)10(15-9)17-14/h6H,2-5,14H2,1H3,(H2,15,16,17). The lowest BCUT2D eigenvalue weighted by molar-refractivity contribution is 0.517. The molecule has 1 heterocycles. The van der Waals surface area contributed by atoms with Gasteiger partial charge in [0.15, 0.2) is 23.3 Å². The van der Waals surface area contributed by atoms with E-state index in [4.69, 9.17) is 5.84 Å². The van der Waals surface area contributed by atoms with E-state index < -0.39 is 11.6 Å². The van der Waals surface area contributed by atoms with E-state index in [1.54, 1.807) is 0 Å². The summed E-state index contributed by atoms with van der Waals surface area (Å²) >= 11 is 0. The molecular formula is C11H16F2N4. The molecule has 0 unspecified atom stereocenters. The predicted molar refractivity (Wildman–Crippen MR) is 62.5 cm³/mol. The molecule has 6 heteroatoms. The number of nitrogens with one attached hydrogen (secondary N) is 2. The van der Waals surface area contributed by atoms with Gasteiger partial charge in [-0.05, 0) is 19.8 Å². The number of anilines is 2. The van der Waals surface area contributed by atoms with Crippen molar-refractivity contribution in [1.29, 1.82) is 0 Å². The van der Waals surface area contributed by atoms with Gasteiger partial charge in [0.1, 0.15) is 0 Å². The SMILES string of the molecule is CC1(Nc2nc(NN)c(F)cc2F)CCCC1. The van der Waals surface area contributed by atoms with Crippen LogP contribution in [0.1, 0.15) is 32.6 Å². The Labute approximate surface area is 98.6 Å². The summed E-state index contributed by atoms with van der Waals surface area (Å²) in [7, 11) is 0. The first kappa shape index (κ1) is 12.0. The molecule has 0 aliphatic heterocycles. The van der Waals surface area contributed by atoms with Crippen LogP contribution < -0.4 is 16.6 Å². The molecule has 94 valence electrons. The van der Waals surface area contributed by atoms with Crippen molar-refractivity contribution >= 4 is 11.6 Å². The maximum Gasteiger partial charge on any atom is 0.178 e. The van der Waals surface area contributed by atoms with Crippen molar-refractivity contribution in [2.75, 3.05) is 10.7 Å². The summed E-state index contributed by atoms with van der Waals surface area (Å²) in [6.45, 7) is 2.01. The number of halogens is 2. The van der Waals surface area contributed by atoms with Crippen LogP contribution in [0, 0.1) is 11.6 Å². The maximum absolute atomic E-state index is 13.6. The minimum Gasteiger partial charge on any atom is -0.362 e.